The Morgan fingerprint density at radius 2 is 2.10 bits per heavy atom. The molecule has 0 unspecified atom stereocenters. The second kappa shape index (κ2) is 7.47. The van der Waals surface area contributed by atoms with Gasteiger partial charge in [-0.1, -0.05) is 0 Å². The van der Waals surface area contributed by atoms with Crippen LogP contribution in [0.15, 0.2) is 18.2 Å². The van der Waals surface area contributed by atoms with Crippen LogP contribution >= 0.6 is 0 Å². The van der Waals surface area contributed by atoms with Gasteiger partial charge < -0.3 is 14.7 Å². The first-order valence-corrected chi connectivity index (χ1v) is 6.75. The van der Waals surface area contributed by atoms with E-state index in [9.17, 15) is 14.9 Å². The number of anilines is 1. The molecule has 0 spiro atoms. The van der Waals surface area contributed by atoms with E-state index < -0.39 is 10.9 Å². The SMILES string of the molecule is CCOc1cc(N(CCC(=O)O)C(C)C)cc([N+](=O)[O-])c1. The molecule has 0 aliphatic rings. The van der Waals surface area contributed by atoms with Crippen LogP contribution < -0.4 is 9.64 Å². The quantitative estimate of drug-likeness (QED) is 0.585. The van der Waals surface area contributed by atoms with Gasteiger partial charge in [0, 0.05) is 30.4 Å². The van der Waals surface area contributed by atoms with E-state index in [1.807, 2.05) is 18.7 Å². The third kappa shape index (κ3) is 4.94. The van der Waals surface area contributed by atoms with Crippen molar-refractivity contribution in [3.8, 4) is 5.75 Å². The normalized spacial score (nSPS) is 10.5. The van der Waals surface area contributed by atoms with Crippen molar-refractivity contribution in [2.24, 2.45) is 0 Å². The molecule has 21 heavy (non-hydrogen) atoms. The Balaban J connectivity index is 3.15. The van der Waals surface area contributed by atoms with E-state index in [4.69, 9.17) is 9.84 Å². The standard InChI is InChI=1S/C14H20N2O5/c1-4-21-13-8-11(7-12(9-13)16(19)20)15(10(2)3)6-5-14(17)18/h7-10H,4-6H2,1-3H3,(H,17,18). The van der Waals surface area contributed by atoms with Crippen molar-refractivity contribution < 1.29 is 19.6 Å². The zero-order valence-corrected chi connectivity index (χ0v) is 12.4. The summed E-state index contributed by atoms with van der Waals surface area (Å²) in [7, 11) is 0. The minimum absolute atomic E-state index is 0.0147. The summed E-state index contributed by atoms with van der Waals surface area (Å²) < 4.78 is 5.35. The molecule has 0 aliphatic carbocycles. The molecule has 7 heteroatoms. The van der Waals surface area contributed by atoms with Crippen LogP contribution in [0.25, 0.3) is 0 Å². The summed E-state index contributed by atoms with van der Waals surface area (Å²) in [5, 5.41) is 19.8. The first-order valence-electron chi connectivity index (χ1n) is 6.75. The van der Waals surface area contributed by atoms with Crippen LogP contribution in [0.1, 0.15) is 27.2 Å². The van der Waals surface area contributed by atoms with Gasteiger partial charge in [0.05, 0.1) is 24.0 Å². The Morgan fingerprint density at radius 3 is 2.57 bits per heavy atom. The van der Waals surface area contributed by atoms with Gasteiger partial charge >= 0.3 is 5.97 Å². The monoisotopic (exact) mass is 296 g/mol. The lowest BCUT2D eigenvalue weighted by Gasteiger charge is -2.28. The molecule has 0 aromatic heterocycles. The highest BCUT2D eigenvalue weighted by molar-refractivity contribution is 5.68. The maximum absolute atomic E-state index is 11.0. The van der Waals surface area contributed by atoms with Gasteiger partial charge in [-0.15, -0.1) is 0 Å². The molecule has 0 amide bonds. The lowest BCUT2D eigenvalue weighted by molar-refractivity contribution is -0.384. The third-order valence-corrected chi connectivity index (χ3v) is 2.92. The van der Waals surface area contributed by atoms with Crippen molar-refractivity contribution >= 4 is 17.3 Å². The predicted molar refractivity (Wildman–Crippen MR) is 79.0 cm³/mol. The smallest absolute Gasteiger partial charge is 0.305 e. The summed E-state index contributed by atoms with van der Waals surface area (Å²) >= 11 is 0. The van der Waals surface area contributed by atoms with Gasteiger partial charge in [0.2, 0.25) is 0 Å². The zero-order valence-electron chi connectivity index (χ0n) is 12.4. The molecule has 1 aromatic rings. The second-order valence-corrected chi connectivity index (χ2v) is 4.81. The Hall–Kier alpha value is -2.31. The molecule has 0 atom stereocenters. The largest absolute Gasteiger partial charge is 0.494 e. The summed E-state index contributed by atoms with van der Waals surface area (Å²) in [6.07, 6.45) is -0.0369. The number of non-ortho nitro benzene ring substituents is 1. The first kappa shape index (κ1) is 16.7. The fourth-order valence-electron chi connectivity index (χ4n) is 1.99. The van der Waals surface area contributed by atoms with Crippen LogP contribution in [-0.2, 0) is 4.79 Å². The Morgan fingerprint density at radius 1 is 1.43 bits per heavy atom. The molecular weight excluding hydrogens is 276 g/mol. The van der Waals surface area contributed by atoms with E-state index >= 15 is 0 Å². The second-order valence-electron chi connectivity index (χ2n) is 4.81. The number of nitro benzene ring substituents is 1. The van der Waals surface area contributed by atoms with Gasteiger partial charge in [0.1, 0.15) is 5.75 Å². The lowest BCUT2D eigenvalue weighted by atomic mass is 10.2. The van der Waals surface area contributed by atoms with Crippen molar-refractivity contribution in [2.45, 2.75) is 33.2 Å². The Bertz CT molecular complexity index is 516. The molecule has 7 nitrogen and oxygen atoms in total. The fourth-order valence-corrected chi connectivity index (χ4v) is 1.99. The summed E-state index contributed by atoms with van der Waals surface area (Å²) in [5.74, 6) is -0.501. The fraction of sp³-hybridized carbons (Fsp3) is 0.500. The van der Waals surface area contributed by atoms with Crippen LogP contribution in [0.3, 0.4) is 0 Å². The molecule has 0 fully saturated rings. The number of rotatable bonds is 8. The third-order valence-electron chi connectivity index (χ3n) is 2.92. The number of carbonyl (C=O) groups is 1. The number of carboxylic acids is 1. The Labute approximate surface area is 123 Å². The number of hydrogen-bond donors (Lipinski definition) is 1. The maximum Gasteiger partial charge on any atom is 0.305 e. The highest BCUT2D eigenvalue weighted by atomic mass is 16.6. The van der Waals surface area contributed by atoms with E-state index in [1.54, 1.807) is 13.0 Å². The summed E-state index contributed by atoms with van der Waals surface area (Å²) in [6.45, 7) is 6.28. The van der Waals surface area contributed by atoms with Crippen molar-refractivity contribution in [1.82, 2.24) is 0 Å². The van der Waals surface area contributed by atoms with Gasteiger partial charge in [-0.05, 0) is 20.8 Å². The molecule has 0 heterocycles. The molecule has 0 aliphatic heterocycles. The molecule has 1 rings (SSSR count). The average molecular weight is 296 g/mol. The molecule has 1 aromatic carbocycles. The number of aliphatic carboxylic acids is 1. The van der Waals surface area contributed by atoms with Crippen LogP contribution in [0, 0.1) is 10.1 Å². The molecule has 1 N–H and O–H groups in total. The molecule has 0 saturated carbocycles. The number of benzene rings is 1. The van der Waals surface area contributed by atoms with Crippen molar-refractivity contribution in [2.75, 3.05) is 18.1 Å². The maximum atomic E-state index is 11.0. The molecule has 0 saturated heterocycles. The van der Waals surface area contributed by atoms with Crippen LogP contribution in [-0.4, -0.2) is 35.2 Å². The van der Waals surface area contributed by atoms with Crippen LogP contribution in [0.4, 0.5) is 11.4 Å². The molecule has 0 radical (unpaired) electrons. The molecule has 0 bridgehead atoms. The van der Waals surface area contributed by atoms with Gasteiger partial charge in [0.25, 0.3) is 5.69 Å². The van der Waals surface area contributed by atoms with Gasteiger partial charge in [-0.25, -0.2) is 0 Å². The van der Waals surface area contributed by atoms with Gasteiger partial charge in [-0.2, -0.15) is 0 Å². The van der Waals surface area contributed by atoms with Gasteiger partial charge in [-0.3, -0.25) is 14.9 Å². The summed E-state index contributed by atoms with van der Waals surface area (Å²) in [6, 6.07) is 4.51. The van der Waals surface area contributed by atoms with E-state index in [0.717, 1.165) is 0 Å². The molecule has 116 valence electrons. The van der Waals surface area contributed by atoms with Crippen molar-refractivity contribution in [3.05, 3.63) is 28.3 Å². The van der Waals surface area contributed by atoms with Crippen molar-refractivity contribution in [3.63, 3.8) is 0 Å². The number of hydrogen-bond acceptors (Lipinski definition) is 5. The predicted octanol–water partition coefficient (Wildman–Crippen LogP) is 2.68. The molecular formula is C14H20N2O5. The minimum Gasteiger partial charge on any atom is -0.494 e. The van der Waals surface area contributed by atoms with E-state index in [-0.39, 0.29) is 24.7 Å². The van der Waals surface area contributed by atoms with Crippen LogP contribution in [0.5, 0.6) is 5.75 Å². The number of nitrogens with zero attached hydrogens (tertiary/aromatic N) is 2. The van der Waals surface area contributed by atoms with E-state index in [2.05, 4.69) is 0 Å². The summed E-state index contributed by atoms with van der Waals surface area (Å²) in [4.78, 5) is 23.1. The van der Waals surface area contributed by atoms with Gasteiger partial charge in [0.15, 0.2) is 0 Å². The lowest BCUT2D eigenvalue weighted by Crippen LogP contribution is -2.32. The van der Waals surface area contributed by atoms with Crippen molar-refractivity contribution in [1.29, 1.82) is 0 Å². The van der Waals surface area contributed by atoms with E-state index in [0.29, 0.717) is 18.0 Å². The Kier molecular flexibility index (Phi) is 5.95. The highest BCUT2D eigenvalue weighted by Crippen LogP contribution is 2.29. The first-order chi connectivity index (χ1) is 9.85. The average Bonchev–Trinajstić information content (AvgIpc) is 2.38. The number of nitro groups is 1. The zero-order chi connectivity index (χ0) is 16.0. The minimum atomic E-state index is -0.906. The number of carboxylic acid groups (broad SMARTS) is 1. The van der Waals surface area contributed by atoms with E-state index in [1.165, 1.54) is 12.1 Å². The number of ether oxygens (including phenoxy) is 1. The summed E-state index contributed by atoms with van der Waals surface area (Å²) in [5.41, 5.74) is 0.515. The highest BCUT2D eigenvalue weighted by Gasteiger charge is 2.17. The topological polar surface area (TPSA) is 92.9 Å². The van der Waals surface area contributed by atoms with Crippen LogP contribution in [0.2, 0.25) is 0 Å².